The topological polar surface area (TPSA) is 102 Å². The fraction of sp³-hybridized carbons (Fsp3) is 0.231. The summed E-state index contributed by atoms with van der Waals surface area (Å²) in [7, 11) is -2.58. The molecule has 1 N–H and O–H groups in total. The van der Waals surface area contributed by atoms with E-state index in [1.807, 2.05) is 0 Å². The molecule has 0 unspecified atom stereocenters. The maximum Gasteiger partial charge on any atom is 0.338 e. The maximum absolute atomic E-state index is 13.6. The second-order valence-electron chi connectivity index (χ2n) is 7.78. The van der Waals surface area contributed by atoms with Crippen molar-refractivity contribution in [2.24, 2.45) is 0 Å². The number of carbonyl (C=O) groups excluding carboxylic acids is 2. The van der Waals surface area contributed by atoms with Gasteiger partial charge in [0, 0.05) is 5.69 Å². The van der Waals surface area contributed by atoms with Gasteiger partial charge in [-0.25, -0.2) is 13.2 Å². The van der Waals surface area contributed by atoms with E-state index < -0.39 is 28.4 Å². The molecular weight excluding hydrogens is 468 g/mol. The highest BCUT2D eigenvalue weighted by Crippen LogP contribution is 2.27. The van der Waals surface area contributed by atoms with Gasteiger partial charge in [0.15, 0.2) is 0 Å². The molecule has 0 saturated carbocycles. The van der Waals surface area contributed by atoms with Gasteiger partial charge < -0.3 is 14.8 Å². The third kappa shape index (κ3) is 5.99. The average Bonchev–Trinajstić information content (AvgIpc) is 2.84. The molecule has 3 rings (SSSR count). The molecule has 0 aliphatic heterocycles. The second kappa shape index (κ2) is 11.1. The Kier molecular flexibility index (Phi) is 8.14. The van der Waals surface area contributed by atoms with E-state index in [1.54, 1.807) is 69.3 Å². The number of ether oxygens (including phenoxy) is 2. The molecule has 0 spiro atoms. The number of nitrogens with zero attached hydrogens (tertiary/aromatic N) is 1. The highest BCUT2D eigenvalue weighted by atomic mass is 32.2. The van der Waals surface area contributed by atoms with Crippen LogP contribution < -0.4 is 14.4 Å². The third-order valence-electron chi connectivity index (χ3n) is 5.31. The molecule has 35 heavy (non-hydrogen) atoms. The Hall–Kier alpha value is -3.85. The number of hydrogen-bond acceptors (Lipinski definition) is 6. The SMILES string of the molecule is CCOC(=O)c1ccc(C)c(NC(=O)CN(c2ccccc2)S(=O)(=O)c2ccc(OC)c(C)c2)c1. The molecule has 0 aliphatic rings. The van der Waals surface area contributed by atoms with Crippen molar-refractivity contribution in [3.8, 4) is 5.75 Å². The molecule has 9 heteroatoms. The van der Waals surface area contributed by atoms with Crippen molar-refractivity contribution < 1.29 is 27.5 Å². The lowest BCUT2D eigenvalue weighted by molar-refractivity contribution is -0.114. The van der Waals surface area contributed by atoms with E-state index in [0.717, 1.165) is 4.31 Å². The van der Waals surface area contributed by atoms with Gasteiger partial charge in [-0.05, 0) is 74.4 Å². The van der Waals surface area contributed by atoms with Gasteiger partial charge in [0.2, 0.25) is 5.91 Å². The van der Waals surface area contributed by atoms with E-state index >= 15 is 0 Å². The average molecular weight is 497 g/mol. The monoisotopic (exact) mass is 496 g/mol. The fourth-order valence-electron chi connectivity index (χ4n) is 3.47. The Labute approximate surface area is 205 Å². The molecule has 8 nitrogen and oxygen atoms in total. The number of methoxy groups -OCH3 is 1. The largest absolute Gasteiger partial charge is 0.496 e. The summed E-state index contributed by atoms with van der Waals surface area (Å²) in [5.74, 6) is -0.511. The lowest BCUT2D eigenvalue weighted by Gasteiger charge is -2.24. The molecule has 0 heterocycles. The Morgan fingerprint density at radius 1 is 0.943 bits per heavy atom. The molecule has 1 amide bonds. The Bertz CT molecular complexity index is 1320. The van der Waals surface area contributed by atoms with Crippen LogP contribution in [0.2, 0.25) is 0 Å². The first-order valence-corrected chi connectivity index (χ1v) is 12.4. The van der Waals surface area contributed by atoms with Gasteiger partial charge in [-0.3, -0.25) is 9.10 Å². The van der Waals surface area contributed by atoms with Crippen LogP contribution in [0.25, 0.3) is 0 Å². The Morgan fingerprint density at radius 3 is 2.29 bits per heavy atom. The number of nitrogens with one attached hydrogen (secondary N) is 1. The summed E-state index contributed by atoms with van der Waals surface area (Å²) in [5.41, 5.74) is 2.39. The van der Waals surface area contributed by atoms with Crippen molar-refractivity contribution in [2.45, 2.75) is 25.7 Å². The van der Waals surface area contributed by atoms with E-state index in [1.165, 1.54) is 25.3 Å². The molecule has 0 saturated heterocycles. The first kappa shape index (κ1) is 25.8. The number of benzene rings is 3. The van der Waals surface area contributed by atoms with E-state index in [0.29, 0.717) is 28.3 Å². The molecule has 3 aromatic rings. The van der Waals surface area contributed by atoms with Crippen molar-refractivity contribution >= 4 is 33.3 Å². The minimum Gasteiger partial charge on any atom is -0.496 e. The summed E-state index contributed by atoms with van der Waals surface area (Å²) >= 11 is 0. The zero-order chi connectivity index (χ0) is 25.6. The molecule has 0 radical (unpaired) electrons. The standard InChI is InChI=1S/C26H28N2O6S/c1-5-34-26(30)20-12-11-18(2)23(16-20)27-25(29)17-28(21-9-7-6-8-10-21)35(31,32)22-13-14-24(33-4)19(3)15-22/h6-16H,5,17H2,1-4H3,(H,27,29). The van der Waals surface area contributed by atoms with Gasteiger partial charge in [0.25, 0.3) is 10.0 Å². The number of anilines is 2. The van der Waals surface area contributed by atoms with Crippen LogP contribution in [0.5, 0.6) is 5.75 Å². The van der Waals surface area contributed by atoms with Crippen LogP contribution in [0.15, 0.2) is 71.6 Å². The van der Waals surface area contributed by atoms with Gasteiger partial charge >= 0.3 is 5.97 Å². The van der Waals surface area contributed by atoms with E-state index in [-0.39, 0.29) is 17.1 Å². The minimum absolute atomic E-state index is 0.0351. The number of rotatable bonds is 9. The molecule has 0 fully saturated rings. The molecule has 3 aromatic carbocycles. The predicted molar refractivity (Wildman–Crippen MR) is 134 cm³/mol. The van der Waals surface area contributed by atoms with Gasteiger partial charge in [0.05, 0.1) is 29.9 Å². The third-order valence-corrected chi connectivity index (χ3v) is 7.08. The van der Waals surface area contributed by atoms with E-state index in [2.05, 4.69) is 5.32 Å². The Balaban J connectivity index is 1.93. The predicted octanol–water partition coefficient (Wildman–Crippen LogP) is 4.32. The normalized spacial score (nSPS) is 11.0. The highest BCUT2D eigenvalue weighted by molar-refractivity contribution is 7.92. The number of carbonyl (C=O) groups is 2. The number of para-hydroxylation sites is 1. The number of hydrogen-bond donors (Lipinski definition) is 1. The summed E-state index contributed by atoms with van der Waals surface area (Å²) in [6.07, 6.45) is 0. The van der Waals surface area contributed by atoms with Crippen LogP contribution in [0.4, 0.5) is 11.4 Å². The second-order valence-corrected chi connectivity index (χ2v) is 9.64. The van der Waals surface area contributed by atoms with Crippen molar-refractivity contribution in [3.63, 3.8) is 0 Å². The van der Waals surface area contributed by atoms with Crippen molar-refractivity contribution in [1.82, 2.24) is 0 Å². The van der Waals surface area contributed by atoms with Crippen LogP contribution >= 0.6 is 0 Å². The van der Waals surface area contributed by atoms with Gasteiger partial charge in [-0.2, -0.15) is 0 Å². The zero-order valence-corrected chi connectivity index (χ0v) is 20.9. The lowest BCUT2D eigenvalue weighted by Crippen LogP contribution is -2.38. The van der Waals surface area contributed by atoms with Crippen LogP contribution in [-0.4, -0.2) is 40.6 Å². The van der Waals surface area contributed by atoms with Gasteiger partial charge in [0.1, 0.15) is 12.3 Å². The summed E-state index contributed by atoms with van der Waals surface area (Å²) in [4.78, 5) is 25.2. The molecule has 0 bridgehead atoms. The van der Waals surface area contributed by atoms with E-state index in [9.17, 15) is 18.0 Å². The Morgan fingerprint density at radius 2 is 1.66 bits per heavy atom. The summed E-state index contributed by atoms with van der Waals surface area (Å²) < 4.78 is 38.5. The smallest absolute Gasteiger partial charge is 0.338 e. The number of esters is 1. The quantitative estimate of drug-likeness (QED) is 0.443. The lowest BCUT2D eigenvalue weighted by atomic mass is 10.1. The fourth-order valence-corrected chi connectivity index (χ4v) is 4.97. The van der Waals surface area contributed by atoms with E-state index in [4.69, 9.17) is 9.47 Å². The summed E-state index contributed by atoms with van der Waals surface area (Å²) in [6.45, 7) is 4.98. The van der Waals surface area contributed by atoms with Crippen molar-refractivity contribution in [3.05, 3.63) is 83.4 Å². The molecule has 0 aliphatic carbocycles. The molecule has 0 atom stereocenters. The minimum atomic E-state index is -4.09. The van der Waals surface area contributed by atoms with Crippen molar-refractivity contribution in [2.75, 3.05) is 29.9 Å². The van der Waals surface area contributed by atoms with Crippen LogP contribution in [0, 0.1) is 13.8 Å². The summed E-state index contributed by atoms with van der Waals surface area (Å²) in [6, 6.07) is 17.7. The van der Waals surface area contributed by atoms with Crippen LogP contribution in [0.3, 0.4) is 0 Å². The van der Waals surface area contributed by atoms with Gasteiger partial charge in [-0.1, -0.05) is 24.3 Å². The number of aryl methyl sites for hydroxylation is 2. The molecule has 184 valence electrons. The van der Waals surface area contributed by atoms with Crippen molar-refractivity contribution in [1.29, 1.82) is 0 Å². The molecular formula is C26H28N2O6S. The van der Waals surface area contributed by atoms with Gasteiger partial charge in [-0.15, -0.1) is 0 Å². The first-order chi connectivity index (χ1) is 16.7. The summed E-state index contributed by atoms with van der Waals surface area (Å²) in [5, 5.41) is 2.73. The zero-order valence-electron chi connectivity index (χ0n) is 20.1. The number of amides is 1. The maximum atomic E-state index is 13.6. The number of sulfonamides is 1. The van der Waals surface area contributed by atoms with Crippen LogP contribution in [-0.2, 0) is 19.6 Å². The highest BCUT2D eigenvalue weighted by Gasteiger charge is 2.28. The molecule has 0 aromatic heterocycles. The first-order valence-electron chi connectivity index (χ1n) is 11.0. The van der Waals surface area contributed by atoms with Crippen LogP contribution in [0.1, 0.15) is 28.4 Å².